The monoisotopic (exact) mass is 405 g/mol. The summed E-state index contributed by atoms with van der Waals surface area (Å²) >= 11 is 0. The van der Waals surface area contributed by atoms with Crippen LogP contribution in [0, 0.1) is 6.92 Å². The number of nitrogens with one attached hydrogen (secondary N) is 1. The Bertz CT molecular complexity index is 784. The molecule has 0 fully saturated rings. The van der Waals surface area contributed by atoms with Crippen molar-refractivity contribution in [1.82, 2.24) is 5.32 Å². The number of aryl methyl sites for hydroxylation is 1. The van der Waals surface area contributed by atoms with E-state index in [0.29, 0.717) is 0 Å². The first-order valence-electron chi connectivity index (χ1n) is 11.3. The van der Waals surface area contributed by atoms with Crippen LogP contribution in [0.3, 0.4) is 0 Å². The van der Waals surface area contributed by atoms with E-state index in [4.69, 9.17) is 0 Å². The molecule has 1 N–H and O–H groups in total. The van der Waals surface area contributed by atoms with Gasteiger partial charge < -0.3 is 5.32 Å². The highest BCUT2D eigenvalue weighted by molar-refractivity contribution is 5.82. The van der Waals surface area contributed by atoms with Crippen LogP contribution in [0.5, 0.6) is 0 Å². The second-order valence-electron chi connectivity index (χ2n) is 7.27. The fraction of sp³-hybridized carbons (Fsp3) is 0.379. The van der Waals surface area contributed by atoms with Gasteiger partial charge in [0.2, 0.25) is 0 Å². The third-order valence-corrected chi connectivity index (χ3v) is 4.76. The number of hydrogen-bond donors (Lipinski definition) is 1. The van der Waals surface area contributed by atoms with Gasteiger partial charge in [0, 0.05) is 17.8 Å². The average Bonchev–Trinajstić information content (AvgIpc) is 2.76. The molecule has 164 valence electrons. The quantitative estimate of drug-likeness (QED) is 0.287. The fourth-order valence-corrected chi connectivity index (χ4v) is 2.84. The summed E-state index contributed by atoms with van der Waals surface area (Å²) in [7, 11) is 0. The van der Waals surface area contributed by atoms with Gasteiger partial charge in [0.1, 0.15) is 0 Å². The van der Waals surface area contributed by atoms with Gasteiger partial charge in [-0.2, -0.15) is 0 Å². The van der Waals surface area contributed by atoms with E-state index in [1.165, 1.54) is 23.1 Å². The highest BCUT2D eigenvalue weighted by Gasteiger charge is 2.10. The molecule has 0 amide bonds. The lowest BCUT2D eigenvalue weighted by molar-refractivity contribution is 0.796. The van der Waals surface area contributed by atoms with E-state index in [2.05, 4.69) is 88.7 Å². The molecule has 0 unspecified atom stereocenters. The Balaban J connectivity index is 0.00000407. The molecule has 1 rings (SSSR count). The average molecular weight is 406 g/mol. The van der Waals surface area contributed by atoms with Gasteiger partial charge in [-0.15, -0.1) is 0 Å². The van der Waals surface area contributed by atoms with Crippen molar-refractivity contribution >= 4 is 5.57 Å². The molecule has 0 aliphatic carbocycles. The van der Waals surface area contributed by atoms with Gasteiger partial charge in [0.15, 0.2) is 0 Å². The standard InChI is InChI=1S/C27H37N.C2H6/c1-8-10-14-21(3)18-19-28-25(7)27(26-17-13-12-16-23(26)5)20-24(6)22(4)15-11-9-2;1-2/h9,11-17,20,28H,6-8,10,18-19H2,1-5H3;1-2H3/b11-9-,21-14+,22-15+,27-20-;. The molecule has 0 spiro atoms. The van der Waals surface area contributed by atoms with Crippen molar-refractivity contribution in [2.24, 2.45) is 0 Å². The van der Waals surface area contributed by atoms with E-state index in [-0.39, 0.29) is 0 Å². The summed E-state index contributed by atoms with van der Waals surface area (Å²) in [5, 5.41) is 3.53. The second kappa shape index (κ2) is 16.3. The molecule has 0 saturated heterocycles. The van der Waals surface area contributed by atoms with Gasteiger partial charge in [-0.05, 0) is 68.9 Å². The number of benzene rings is 1. The molecule has 0 bridgehead atoms. The molecule has 1 aromatic carbocycles. The minimum Gasteiger partial charge on any atom is -0.385 e. The van der Waals surface area contributed by atoms with Crippen LogP contribution in [0.1, 0.15) is 71.9 Å². The van der Waals surface area contributed by atoms with Crippen LogP contribution in [0.2, 0.25) is 0 Å². The number of allylic oxidation sites excluding steroid dienone is 8. The Hall–Kier alpha value is -2.54. The Kier molecular flexibility index (Phi) is 14.9. The number of rotatable bonds is 11. The van der Waals surface area contributed by atoms with Gasteiger partial charge >= 0.3 is 0 Å². The van der Waals surface area contributed by atoms with Crippen molar-refractivity contribution in [3.05, 3.63) is 101 Å². The van der Waals surface area contributed by atoms with Gasteiger partial charge in [-0.1, -0.05) is 94.5 Å². The van der Waals surface area contributed by atoms with Gasteiger partial charge in [0.25, 0.3) is 0 Å². The number of hydrogen-bond acceptors (Lipinski definition) is 1. The third-order valence-electron chi connectivity index (χ3n) is 4.76. The molecule has 30 heavy (non-hydrogen) atoms. The summed E-state index contributed by atoms with van der Waals surface area (Å²) in [5.41, 5.74) is 8.05. The smallest absolute Gasteiger partial charge is 0.0347 e. The van der Waals surface area contributed by atoms with Crippen molar-refractivity contribution in [2.45, 2.75) is 67.7 Å². The topological polar surface area (TPSA) is 12.0 Å². The lowest BCUT2D eigenvalue weighted by atomic mass is 9.95. The zero-order valence-corrected chi connectivity index (χ0v) is 20.4. The van der Waals surface area contributed by atoms with Crippen LogP contribution >= 0.6 is 0 Å². The third kappa shape index (κ3) is 10.3. The summed E-state index contributed by atoms with van der Waals surface area (Å²) in [6.45, 7) is 24.1. The van der Waals surface area contributed by atoms with Crippen LogP contribution in [0.15, 0.2) is 90.2 Å². The van der Waals surface area contributed by atoms with Gasteiger partial charge in [-0.25, -0.2) is 0 Å². The Morgan fingerprint density at radius 3 is 2.37 bits per heavy atom. The molecule has 0 aliphatic heterocycles. The van der Waals surface area contributed by atoms with Crippen molar-refractivity contribution < 1.29 is 0 Å². The Morgan fingerprint density at radius 1 is 1.10 bits per heavy atom. The molecule has 0 aromatic heterocycles. The highest BCUT2D eigenvalue weighted by Crippen LogP contribution is 2.26. The van der Waals surface area contributed by atoms with Crippen LogP contribution in [0.4, 0.5) is 0 Å². The molecule has 1 nitrogen and oxygen atoms in total. The predicted octanol–water partition coefficient (Wildman–Crippen LogP) is 8.72. The number of unbranched alkanes of at least 4 members (excludes halogenated alkanes) is 1. The molecule has 0 saturated carbocycles. The summed E-state index contributed by atoms with van der Waals surface area (Å²) in [5.74, 6) is 0. The molecule has 0 radical (unpaired) electrons. The first kappa shape index (κ1) is 27.5. The molecular formula is C29H43N. The van der Waals surface area contributed by atoms with Crippen molar-refractivity contribution in [1.29, 1.82) is 0 Å². The van der Waals surface area contributed by atoms with Gasteiger partial charge in [-0.3, -0.25) is 0 Å². The minimum atomic E-state index is 0.883. The molecule has 0 atom stereocenters. The molecule has 1 aromatic rings. The first-order chi connectivity index (χ1) is 14.4. The summed E-state index contributed by atoms with van der Waals surface area (Å²) in [6.07, 6.45) is 14.0. The summed E-state index contributed by atoms with van der Waals surface area (Å²) in [4.78, 5) is 0. The van der Waals surface area contributed by atoms with E-state index < -0.39 is 0 Å². The van der Waals surface area contributed by atoms with Crippen LogP contribution in [-0.2, 0) is 0 Å². The second-order valence-corrected chi connectivity index (χ2v) is 7.27. The highest BCUT2D eigenvalue weighted by atomic mass is 14.9. The maximum absolute atomic E-state index is 4.33. The first-order valence-corrected chi connectivity index (χ1v) is 11.3. The van der Waals surface area contributed by atoms with E-state index in [0.717, 1.165) is 41.8 Å². The van der Waals surface area contributed by atoms with Crippen LogP contribution < -0.4 is 5.32 Å². The SMILES string of the molecule is C=C(/C=C(/C(=C)NCC/C(C)=C/CCC)c1ccccc1C)/C(C)=C/C=C\C.CC. The van der Waals surface area contributed by atoms with Crippen molar-refractivity contribution in [2.75, 3.05) is 6.54 Å². The van der Waals surface area contributed by atoms with E-state index in [1.807, 2.05) is 32.9 Å². The zero-order valence-electron chi connectivity index (χ0n) is 20.4. The predicted molar refractivity (Wildman–Crippen MR) is 139 cm³/mol. The lowest BCUT2D eigenvalue weighted by Crippen LogP contribution is -2.16. The molecule has 1 heteroatoms. The Morgan fingerprint density at radius 2 is 1.77 bits per heavy atom. The Labute approximate surface area is 186 Å². The van der Waals surface area contributed by atoms with Crippen LogP contribution in [0.25, 0.3) is 5.57 Å². The zero-order chi connectivity index (χ0) is 22.9. The normalized spacial score (nSPS) is 12.4. The minimum absolute atomic E-state index is 0.883. The van der Waals surface area contributed by atoms with E-state index >= 15 is 0 Å². The molecule has 0 heterocycles. The van der Waals surface area contributed by atoms with Crippen molar-refractivity contribution in [3.63, 3.8) is 0 Å². The van der Waals surface area contributed by atoms with Gasteiger partial charge in [0.05, 0.1) is 0 Å². The lowest BCUT2D eigenvalue weighted by Gasteiger charge is -2.17. The molecule has 0 aliphatic rings. The largest absolute Gasteiger partial charge is 0.385 e. The summed E-state index contributed by atoms with van der Waals surface area (Å²) in [6, 6.07) is 8.44. The maximum atomic E-state index is 4.33. The fourth-order valence-electron chi connectivity index (χ4n) is 2.84. The molecular weight excluding hydrogens is 362 g/mol. The maximum Gasteiger partial charge on any atom is 0.0347 e. The van der Waals surface area contributed by atoms with E-state index in [9.17, 15) is 0 Å². The summed E-state index contributed by atoms with van der Waals surface area (Å²) < 4.78 is 0. The van der Waals surface area contributed by atoms with Crippen LogP contribution in [-0.4, -0.2) is 6.54 Å². The van der Waals surface area contributed by atoms with E-state index in [1.54, 1.807) is 0 Å². The van der Waals surface area contributed by atoms with Crippen molar-refractivity contribution in [3.8, 4) is 0 Å².